The summed E-state index contributed by atoms with van der Waals surface area (Å²) >= 11 is 0. The smallest absolute Gasteiger partial charge is 0.0302 e. The fraction of sp³-hybridized carbons (Fsp3) is 0.333. The number of piperidine rings is 1. The number of fused-ring (bicyclic) bond motifs is 1. The highest BCUT2D eigenvalue weighted by Gasteiger charge is 2.39. The van der Waals surface area contributed by atoms with E-state index >= 15 is 0 Å². The van der Waals surface area contributed by atoms with Gasteiger partial charge in [0.15, 0.2) is 0 Å². The summed E-state index contributed by atoms with van der Waals surface area (Å²) in [6.07, 6.45) is 10.0. The van der Waals surface area contributed by atoms with Gasteiger partial charge in [-0.05, 0) is 24.5 Å². The molecule has 1 aromatic rings. The zero-order chi connectivity index (χ0) is 13.3. The van der Waals surface area contributed by atoms with Crippen LogP contribution >= 0.6 is 0 Å². The van der Waals surface area contributed by atoms with Crippen molar-refractivity contribution in [3.05, 3.63) is 72.4 Å². The molecule has 0 spiro atoms. The molecule has 1 heteroatoms. The highest BCUT2D eigenvalue weighted by molar-refractivity contribution is 5.41. The van der Waals surface area contributed by atoms with Crippen LogP contribution in [-0.2, 0) is 6.54 Å². The van der Waals surface area contributed by atoms with Crippen LogP contribution in [-0.4, -0.2) is 17.5 Å². The molecular weight excluding hydrogens is 230 g/mol. The second-order valence-electron chi connectivity index (χ2n) is 5.74. The van der Waals surface area contributed by atoms with Gasteiger partial charge in [0.05, 0.1) is 0 Å². The van der Waals surface area contributed by atoms with Crippen LogP contribution in [0.15, 0.2) is 66.8 Å². The molecule has 1 saturated heterocycles. The number of allylic oxidation sites excluding steroid dienone is 4. The van der Waals surface area contributed by atoms with Gasteiger partial charge in [-0.1, -0.05) is 54.6 Å². The summed E-state index contributed by atoms with van der Waals surface area (Å²) in [6.45, 7) is 8.47. The molecule has 2 unspecified atom stereocenters. The molecule has 3 rings (SSSR count). The van der Waals surface area contributed by atoms with Gasteiger partial charge in [-0.3, -0.25) is 4.90 Å². The average molecular weight is 251 g/mol. The van der Waals surface area contributed by atoms with Gasteiger partial charge in [0.1, 0.15) is 0 Å². The van der Waals surface area contributed by atoms with E-state index < -0.39 is 0 Å². The quantitative estimate of drug-likeness (QED) is 0.735. The Bertz CT molecular complexity index is 526. The lowest BCUT2D eigenvalue weighted by atomic mass is 9.74. The normalized spacial score (nSPS) is 29.9. The maximum Gasteiger partial charge on any atom is 0.0302 e. The highest BCUT2D eigenvalue weighted by Crippen LogP contribution is 2.44. The third-order valence-electron chi connectivity index (χ3n) is 4.51. The van der Waals surface area contributed by atoms with Crippen LogP contribution in [0.4, 0.5) is 0 Å². The third-order valence-corrected chi connectivity index (χ3v) is 4.51. The largest absolute Gasteiger partial charge is 0.292 e. The molecule has 1 aliphatic carbocycles. The van der Waals surface area contributed by atoms with Crippen LogP contribution in [0.1, 0.15) is 18.9 Å². The number of benzene rings is 1. The SMILES string of the molecule is C=CC12C=CC=C1CN(Cc1ccccc1)C(C)C2. The minimum Gasteiger partial charge on any atom is -0.292 e. The Kier molecular flexibility index (Phi) is 3.16. The van der Waals surface area contributed by atoms with Gasteiger partial charge in [-0.15, -0.1) is 6.58 Å². The van der Waals surface area contributed by atoms with Crippen molar-refractivity contribution in [2.45, 2.75) is 25.9 Å². The van der Waals surface area contributed by atoms with Crippen LogP contribution in [0, 0.1) is 5.41 Å². The third kappa shape index (κ3) is 2.19. The van der Waals surface area contributed by atoms with E-state index in [2.05, 4.69) is 73.0 Å². The molecule has 0 N–H and O–H groups in total. The molecule has 1 aromatic carbocycles. The summed E-state index contributed by atoms with van der Waals surface area (Å²) in [5.41, 5.74) is 3.02. The lowest BCUT2D eigenvalue weighted by Crippen LogP contribution is -2.44. The van der Waals surface area contributed by atoms with Crippen LogP contribution in [0.5, 0.6) is 0 Å². The topological polar surface area (TPSA) is 3.24 Å². The first-order chi connectivity index (χ1) is 9.23. The van der Waals surface area contributed by atoms with E-state index in [0.717, 1.165) is 19.5 Å². The predicted molar refractivity (Wildman–Crippen MR) is 80.8 cm³/mol. The summed E-state index contributed by atoms with van der Waals surface area (Å²) in [6, 6.07) is 11.3. The average Bonchev–Trinajstić information content (AvgIpc) is 2.83. The maximum atomic E-state index is 4.05. The second-order valence-corrected chi connectivity index (χ2v) is 5.74. The van der Waals surface area contributed by atoms with Crippen molar-refractivity contribution in [3.8, 4) is 0 Å². The summed E-state index contributed by atoms with van der Waals surface area (Å²) in [7, 11) is 0. The molecule has 0 saturated carbocycles. The zero-order valence-corrected chi connectivity index (χ0v) is 11.5. The van der Waals surface area contributed by atoms with Crippen molar-refractivity contribution >= 4 is 0 Å². The summed E-state index contributed by atoms with van der Waals surface area (Å²) in [5.74, 6) is 0. The van der Waals surface area contributed by atoms with Crippen molar-refractivity contribution in [2.75, 3.05) is 6.54 Å². The molecule has 98 valence electrons. The van der Waals surface area contributed by atoms with Gasteiger partial charge in [-0.25, -0.2) is 0 Å². The number of hydrogen-bond donors (Lipinski definition) is 0. The van der Waals surface area contributed by atoms with E-state index in [0.29, 0.717) is 6.04 Å². The number of nitrogens with zero attached hydrogens (tertiary/aromatic N) is 1. The molecule has 1 nitrogen and oxygen atoms in total. The molecular formula is C18H21N. The van der Waals surface area contributed by atoms with Gasteiger partial charge >= 0.3 is 0 Å². The molecule has 1 heterocycles. The van der Waals surface area contributed by atoms with Gasteiger partial charge in [0.25, 0.3) is 0 Å². The highest BCUT2D eigenvalue weighted by atomic mass is 15.2. The van der Waals surface area contributed by atoms with Gasteiger partial charge < -0.3 is 0 Å². The van der Waals surface area contributed by atoms with Crippen LogP contribution < -0.4 is 0 Å². The molecule has 2 aliphatic rings. The molecule has 2 atom stereocenters. The van der Waals surface area contributed by atoms with Crippen LogP contribution in [0.3, 0.4) is 0 Å². The Balaban J connectivity index is 1.78. The second kappa shape index (κ2) is 4.82. The Morgan fingerprint density at radius 2 is 2.16 bits per heavy atom. The molecule has 0 aromatic heterocycles. The first-order valence-corrected chi connectivity index (χ1v) is 7.04. The summed E-state index contributed by atoms with van der Waals surface area (Å²) in [4.78, 5) is 2.57. The Labute approximate surface area is 115 Å². The van der Waals surface area contributed by atoms with E-state index in [-0.39, 0.29) is 5.41 Å². The van der Waals surface area contributed by atoms with Gasteiger partial charge in [0, 0.05) is 24.5 Å². The van der Waals surface area contributed by atoms with Crippen molar-refractivity contribution in [3.63, 3.8) is 0 Å². The van der Waals surface area contributed by atoms with E-state index in [9.17, 15) is 0 Å². The van der Waals surface area contributed by atoms with E-state index in [1.807, 2.05) is 0 Å². The fourth-order valence-electron chi connectivity index (χ4n) is 3.30. The van der Waals surface area contributed by atoms with Crippen LogP contribution in [0.2, 0.25) is 0 Å². The predicted octanol–water partition coefficient (Wildman–Crippen LogP) is 3.95. The lowest BCUT2D eigenvalue weighted by Gasteiger charge is -2.43. The van der Waals surface area contributed by atoms with Crippen molar-refractivity contribution in [1.82, 2.24) is 4.90 Å². The standard InChI is InChI=1S/C18H21N/c1-3-18-11-7-10-17(18)14-19(15(2)12-18)13-16-8-5-4-6-9-16/h3-11,15H,1,12-14H2,2H3. The minimum absolute atomic E-state index is 0.132. The molecule has 0 amide bonds. The fourth-order valence-corrected chi connectivity index (χ4v) is 3.30. The van der Waals surface area contributed by atoms with E-state index in [1.54, 1.807) is 0 Å². The first kappa shape index (κ1) is 12.4. The maximum absolute atomic E-state index is 4.05. The number of hydrogen-bond acceptors (Lipinski definition) is 1. The molecule has 19 heavy (non-hydrogen) atoms. The summed E-state index contributed by atoms with van der Waals surface area (Å²) in [5, 5.41) is 0. The van der Waals surface area contributed by atoms with Gasteiger partial charge in [-0.2, -0.15) is 0 Å². The Morgan fingerprint density at radius 3 is 2.89 bits per heavy atom. The van der Waals surface area contributed by atoms with Crippen molar-refractivity contribution < 1.29 is 0 Å². The van der Waals surface area contributed by atoms with E-state index in [1.165, 1.54) is 11.1 Å². The van der Waals surface area contributed by atoms with Crippen molar-refractivity contribution in [1.29, 1.82) is 0 Å². The van der Waals surface area contributed by atoms with E-state index in [4.69, 9.17) is 0 Å². The Hall–Kier alpha value is -1.60. The molecule has 1 fully saturated rings. The van der Waals surface area contributed by atoms with Crippen LogP contribution in [0.25, 0.3) is 0 Å². The Morgan fingerprint density at radius 1 is 1.37 bits per heavy atom. The number of likely N-dealkylation sites (tertiary alicyclic amines) is 1. The number of rotatable bonds is 3. The summed E-state index contributed by atoms with van der Waals surface area (Å²) < 4.78 is 0. The minimum atomic E-state index is 0.132. The molecule has 0 bridgehead atoms. The lowest BCUT2D eigenvalue weighted by molar-refractivity contribution is 0.147. The van der Waals surface area contributed by atoms with Crippen molar-refractivity contribution in [2.24, 2.45) is 5.41 Å². The molecule has 0 radical (unpaired) electrons. The monoisotopic (exact) mass is 251 g/mol. The molecule has 1 aliphatic heterocycles. The van der Waals surface area contributed by atoms with Gasteiger partial charge in [0.2, 0.25) is 0 Å². The zero-order valence-electron chi connectivity index (χ0n) is 11.5. The first-order valence-electron chi connectivity index (χ1n) is 7.04.